The molecule has 0 fully saturated rings. The van der Waals surface area contributed by atoms with Crippen molar-refractivity contribution in [2.45, 2.75) is 38.1 Å². The second-order valence-corrected chi connectivity index (χ2v) is 6.04. The molecule has 1 unspecified atom stereocenters. The Balaban J connectivity index is 1.94. The maximum absolute atomic E-state index is 3.61. The highest BCUT2D eigenvalue weighted by atomic mass is 32.2. The first-order valence-electron chi connectivity index (χ1n) is 5.67. The van der Waals surface area contributed by atoms with Crippen molar-refractivity contribution in [1.29, 1.82) is 0 Å². The molecule has 1 heterocycles. The van der Waals surface area contributed by atoms with Gasteiger partial charge in [-0.25, -0.2) is 0 Å². The van der Waals surface area contributed by atoms with Crippen LogP contribution in [0.2, 0.25) is 0 Å². The van der Waals surface area contributed by atoms with Crippen LogP contribution in [0, 0.1) is 0 Å². The van der Waals surface area contributed by atoms with Crippen LogP contribution in [0.4, 0.5) is 0 Å². The van der Waals surface area contributed by atoms with Gasteiger partial charge < -0.3 is 5.32 Å². The minimum absolute atomic E-state index is 0.660. The van der Waals surface area contributed by atoms with Gasteiger partial charge in [-0.15, -0.1) is 0 Å². The van der Waals surface area contributed by atoms with Gasteiger partial charge in [0.1, 0.15) is 0 Å². The molecule has 2 heteroatoms. The van der Waals surface area contributed by atoms with Crippen LogP contribution < -0.4 is 5.32 Å². The van der Waals surface area contributed by atoms with E-state index in [-0.39, 0.29) is 0 Å². The van der Waals surface area contributed by atoms with E-state index in [9.17, 15) is 0 Å². The Morgan fingerprint density at radius 2 is 2.07 bits per heavy atom. The molecule has 82 valence electrons. The predicted molar refractivity (Wildman–Crippen MR) is 68.4 cm³/mol. The smallest absolute Gasteiger partial charge is 0.0211 e. The first-order valence-corrected chi connectivity index (χ1v) is 6.72. The van der Waals surface area contributed by atoms with Crippen molar-refractivity contribution in [3.63, 3.8) is 0 Å². The van der Waals surface area contributed by atoms with Crippen LogP contribution in [-0.2, 0) is 13.0 Å². The van der Waals surface area contributed by atoms with Crippen molar-refractivity contribution in [3.8, 4) is 0 Å². The minimum atomic E-state index is 0.660. The van der Waals surface area contributed by atoms with Crippen LogP contribution >= 0.6 is 11.8 Å². The van der Waals surface area contributed by atoms with E-state index in [4.69, 9.17) is 0 Å². The quantitative estimate of drug-likeness (QED) is 0.842. The van der Waals surface area contributed by atoms with Gasteiger partial charge in [0.05, 0.1) is 0 Å². The summed E-state index contributed by atoms with van der Waals surface area (Å²) in [7, 11) is 0. The zero-order valence-electron chi connectivity index (χ0n) is 9.49. The molecule has 15 heavy (non-hydrogen) atoms. The van der Waals surface area contributed by atoms with Gasteiger partial charge >= 0.3 is 0 Å². The Morgan fingerprint density at radius 1 is 1.33 bits per heavy atom. The van der Waals surface area contributed by atoms with E-state index in [1.165, 1.54) is 23.3 Å². The Bertz CT molecular complexity index is 322. The van der Waals surface area contributed by atoms with Gasteiger partial charge in [-0.1, -0.05) is 38.1 Å². The van der Waals surface area contributed by atoms with Gasteiger partial charge in [0, 0.05) is 18.3 Å². The zero-order valence-corrected chi connectivity index (χ0v) is 10.3. The Kier molecular flexibility index (Phi) is 3.71. The fourth-order valence-corrected chi connectivity index (χ4v) is 2.80. The van der Waals surface area contributed by atoms with Crippen LogP contribution in [0.1, 0.15) is 25.0 Å². The van der Waals surface area contributed by atoms with Crippen LogP contribution in [0.3, 0.4) is 0 Å². The molecular formula is C13H19NS. The maximum Gasteiger partial charge on any atom is 0.0211 e. The lowest BCUT2D eigenvalue weighted by Crippen LogP contribution is -2.37. The molecule has 0 bridgehead atoms. The third kappa shape index (κ3) is 2.99. The summed E-state index contributed by atoms with van der Waals surface area (Å²) in [6.45, 7) is 5.57. The van der Waals surface area contributed by atoms with Gasteiger partial charge in [-0.05, 0) is 22.8 Å². The van der Waals surface area contributed by atoms with Crippen LogP contribution in [0.5, 0.6) is 0 Å². The van der Waals surface area contributed by atoms with Gasteiger partial charge in [0.25, 0.3) is 0 Å². The molecule has 0 aromatic heterocycles. The molecule has 0 spiro atoms. The number of nitrogens with one attached hydrogen (secondary N) is 1. The molecule has 1 aliphatic heterocycles. The van der Waals surface area contributed by atoms with Crippen LogP contribution in [0.15, 0.2) is 24.3 Å². The van der Waals surface area contributed by atoms with Crippen molar-refractivity contribution in [3.05, 3.63) is 35.4 Å². The summed E-state index contributed by atoms with van der Waals surface area (Å²) in [6.07, 6.45) is 1.19. The molecule has 0 amide bonds. The third-order valence-corrected chi connectivity index (χ3v) is 4.06. The first-order chi connectivity index (χ1) is 7.25. The lowest BCUT2D eigenvalue weighted by atomic mass is 9.97. The summed E-state index contributed by atoms with van der Waals surface area (Å²) >= 11 is 2.05. The third-order valence-electron chi connectivity index (χ3n) is 2.80. The number of fused-ring (bicyclic) bond motifs is 1. The van der Waals surface area contributed by atoms with Crippen molar-refractivity contribution in [2.24, 2.45) is 0 Å². The molecule has 1 aromatic carbocycles. The fourth-order valence-electron chi connectivity index (χ4n) is 1.95. The van der Waals surface area contributed by atoms with Gasteiger partial charge in [0.2, 0.25) is 0 Å². The molecule has 0 aliphatic carbocycles. The first kappa shape index (κ1) is 11.0. The summed E-state index contributed by atoms with van der Waals surface area (Å²) < 4.78 is 0. The second kappa shape index (κ2) is 5.04. The average Bonchev–Trinajstić information content (AvgIpc) is 2.26. The zero-order chi connectivity index (χ0) is 10.7. The molecule has 0 saturated heterocycles. The molecular weight excluding hydrogens is 202 g/mol. The number of hydrogen-bond acceptors (Lipinski definition) is 2. The normalized spacial score (nSPS) is 20.3. The van der Waals surface area contributed by atoms with E-state index >= 15 is 0 Å². The summed E-state index contributed by atoms with van der Waals surface area (Å²) in [4.78, 5) is 0. The SMILES string of the molecule is CC(C)SCC1Cc2ccccc2CN1. The highest BCUT2D eigenvalue weighted by Gasteiger charge is 2.17. The van der Waals surface area contributed by atoms with Gasteiger partial charge in [-0.3, -0.25) is 0 Å². The molecule has 1 aliphatic rings. The number of hydrogen-bond donors (Lipinski definition) is 1. The van der Waals surface area contributed by atoms with E-state index in [0.29, 0.717) is 6.04 Å². The van der Waals surface area contributed by atoms with Crippen LogP contribution in [-0.4, -0.2) is 17.0 Å². The van der Waals surface area contributed by atoms with Crippen molar-refractivity contribution in [2.75, 3.05) is 5.75 Å². The lowest BCUT2D eigenvalue weighted by molar-refractivity contribution is 0.520. The van der Waals surface area contributed by atoms with Crippen LogP contribution in [0.25, 0.3) is 0 Å². The average molecular weight is 221 g/mol. The van der Waals surface area contributed by atoms with E-state index in [1.54, 1.807) is 0 Å². The van der Waals surface area contributed by atoms with Crippen molar-refractivity contribution < 1.29 is 0 Å². The number of rotatable bonds is 3. The minimum Gasteiger partial charge on any atom is -0.309 e. The molecule has 1 nitrogen and oxygen atoms in total. The lowest BCUT2D eigenvalue weighted by Gasteiger charge is -2.26. The van der Waals surface area contributed by atoms with Gasteiger partial charge in [-0.2, -0.15) is 11.8 Å². The monoisotopic (exact) mass is 221 g/mol. The van der Waals surface area contributed by atoms with Crippen molar-refractivity contribution >= 4 is 11.8 Å². The molecule has 0 saturated carbocycles. The summed E-state index contributed by atoms with van der Waals surface area (Å²) in [5, 5.41) is 4.35. The predicted octanol–water partition coefficient (Wildman–Crippen LogP) is 2.84. The summed E-state index contributed by atoms with van der Waals surface area (Å²) in [5.41, 5.74) is 3.01. The Labute approximate surface area is 96.7 Å². The van der Waals surface area contributed by atoms with E-state index in [1.807, 2.05) is 11.8 Å². The maximum atomic E-state index is 3.61. The molecule has 0 radical (unpaired) electrons. The largest absolute Gasteiger partial charge is 0.309 e. The standard InChI is InChI=1S/C13H19NS/c1-10(2)15-9-13-7-11-5-3-4-6-12(11)8-14-13/h3-6,10,13-14H,7-9H2,1-2H3. The van der Waals surface area contributed by atoms with E-state index < -0.39 is 0 Å². The Hall–Kier alpha value is -0.470. The molecule has 2 rings (SSSR count). The second-order valence-electron chi connectivity index (χ2n) is 4.43. The molecule has 1 atom stereocenters. The topological polar surface area (TPSA) is 12.0 Å². The summed E-state index contributed by atoms with van der Waals surface area (Å²) in [6, 6.07) is 9.44. The van der Waals surface area contributed by atoms with E-state index in [2.05, 4.69) is 43.4 Å². The molecule has 1 aromatic rings. The summed E-state index contributed by atoms with van der Waals surface area (Å²) in [5.74, 6) is 1.23. The number of benzene rings is 1. The Morgan fingerprint density at radius 3 is 2.80 bits per heavy atom. The number of thioether (sulfide) groups is 1. The highest BCUT2D eigenvalue weighted by molar-refractivity contribution is 7.99. The highest BCUT2D eigenvalue weighted by Crippen LogP contribution is 2.19. The molecule has 1 N–H and O–H groups in total. The van der Waals surface area contributed by atoms with Gasteiger partial charge in [0.15, 0.2) is 0 Å². The fraction of sp³-hybridized carbons (Fsp3) is 0.538. The van der Waals surface area contributed by atoms with E-state index in [0.717, 1.165) is 11.8 Å². The van der Waals surface area contributed by atoms with Crippen molar-refractivity contribution in [1.82, 2.24) is 5.32 Å².